The molecule has 2 aromatic rings. The number of hydrogen-bond donors (Lipinski definition) is 0. The van der Waals surface area contributed by atoms with Crippen LogP contribution in [0.25, 0.3) is 0 Å². The molecule has 0 saturated carbocycles. The van der Waals surface area contributed by atoms with E-state index in [1.165, 1.54) is 0 Å². The smallest absolute Gasteiger partial charge is 0.168 e. The predicted octanol–water partition coefficient (Wildman–Crippen LogP) is 4.34. The van der Waals surface area contributed by atoms with E-state index in [9.17, 15) is 4.79 Å². The molecule has 0 radical (unpaired) electrons. The fourth-order valence-electron chi connectivity index (χ4n) is 1.67. The van der Waals surface area contributed by atoms with Crippen molar-refractivity contribution in [3.63, 3.8) is 0 Å². The molecule has 18 heavy (non-hydrogen) atoms. The van der Waals surface area contributed by atoms with Crippen LogP contribution in [0, 0.1) is 6.92 Å². The Balaban J connectivity index is 2.19. The van der Waals surface area contributed by atoms with Crippen LogP contribution in [0.4, 0.5) is 0 Å². The van der Waals surface area contributed by atoms with E-state index in [-0.39, 0.29) is 5.78 Å². The lowest BCUT2D eigenvalue weighted by Crippen LogP contribution is -2.05. The minimum atomic E-state index is 0.0780. The second kappa shape index (κ2) is 5.76. The Morgan fingerprint density at radius 1 is 1.17 bits per heavy atom. The summed E-state index contributed by atoms with van der Waals surface area (Å²) in [5, 5.41) is 0. The normalized spacial score (nSPS) is 10.4. The van der Waals surface area contributed by atoms with Crippen molar-refractivity contribution in [1.29, 1.82) is 0 Å². The summed E-state index contributed by atoms with van der Waals surface area (Å²) >= 11 is 6.72. The third-order valence-corrected chi connectivity index (χ3v) is 3.42. The molecule has 4 heteroatoms. The van der Waals surface area contributed by atoms with Crippen molar-refractivity contribution in [2.45, 2.75) is 13.3 Å². The third-order valence-electron chi connectivity index (χ3n) is 2.49. The fraction of sp³-hybridized carbons (Fsp3) is 0.143. The van der Waals surface area contributed by atoms with Crippen LogP contribution in [0.1, 0.15) is 21.6 Å². The van der Waals surface area contributed by atoms with Gasteiger partial charge in [-0.05, 0) is 58.7 Å². The molecule has 0 bridgehead atoms. The second-order valence-electron chi connectivity index (χ2n) is 4.08. The summed E-state index contributed by atoms with van der Waals surface area (Å²) in [6.07, 6.45) is 2.03. The van der Waals surface area contributed by atoms with E-state index < -0.39 is 0 Å². The Labute approximate surface area is 123 Å². The highest BCUT2D eigenvalue weighted by atomic mass is 79.9. The number of carbonyl (C=O) groups excluding carboxylic acids is 1. The first-order chi connectivity index (χ1) is 8.54. The van der Waals surface area contributed by atoms with Gasteiger partial charge in [0.15, 0.2) is 5.78 Å². The molecule has 0 aliphatic carbocycles. The van der Waals surface area contributed by atoms with Gasteiger partial charge >= 0.3 is 0 Å². The van der Waals surface area contributed by atoms with E-state index >= 15 is 0 Å². The summed E-state index contributed by atoms with van der Waals surface area (Å²) in [5.41, 5.74) is 2.56. The van der Waals surface area contributed by atoms with Gasteiger partial charge in [0.2, 0.25) is 0 Å². The molecule has 0 aliphatic heterocycles. The second-order valence-corrected chi connectivity index (χ2v) is 5.92. The Morgan fingerprint density at radius 3 is 2.56 bits per heavy atom. The molecule has 0 atom stereocenters. The summed E-state index contributed by atoms with van der Waals surface area (Å²) in [5.74, 6) is 0.0780. The lowest BCUT2D eigenvalue weighted by molar-refractivity contribution is 0.0992. The van der Waals surface area contributed by atoms with Gasteiger partial charge in [-0.25, -0.2) is 0 Å². The number of ketones is 1. The van der Waals surface area contributed by atoms with Crippen LogP contribution >= 0.6 is 31.9 Å². The van der Waals surface area contributed by atoms with Gasteiger partial charge < -0.3 is 0 Å². The SMILES string of the molecule is Cc1cc(Br)cc(C(=O)Cc2ccc(Br)cn2)c1. The number of nitrogens with zero attached hydrogens (tertiary/aromatic N) is 1. The van der Waals surface area contributed by atoms with Crippen LogP contribution < -0.4 is 0 Å². The Bertz CT molecular complexity index is 559. The van der Waals surface area contributed by atoms with Gasteiger partial charge in [-0.1, -0.05) is 15.9 Å². The zero-order valence-corrected chi connectivity index (χ0v) is 13.0. The largest absolute Gasteiger partial charge is 0.294 e. The molecule has 0 aliphatic rings. The molecule has 0 spiro atoms. The molecule has 1 aromatic heterocycles. The molecule has 0 unspecified atom stereocenters. The molecule has 92 valence electrons. The zero-order chi connectivity index (χ0) is 13.1. The molecule has 1 aromatic carbocycles. The van der Waals surface area contributed by atoms with E-state index in [4.69, 9.17) is 0 Å². The molecule has 2 nitrogen and oxygen atoms in total. The van der Waals surface area contributed by atoms with Crippen LogP contribution in [0.5, 0.6) is 0 Å². The lowest BCUT2D eigenvalue weighted by Gasteiger charge is -2.03. The zero-order valence-electron chi connectivity index (χ0n) is 9.78. The van der Waals surface area contributed by atoms with E-state index in [0.29, 0.717) is 12.0 Å². The van der Waals surface area contributed by atoms with Gasteiger partial charge in [0.05, 0.1) is 6.42 Å². The Kier molecular flexibility index (Phi) is 4.30. The van der Waals surface area contributed by atoms with Gasteiger partial charge in [0, 0.05) is 26.4 Å². The quantitative estimate of drug-likeness (QED) is 0.754. The number of rotatable bonds is 3. The topological polar surface area (TPSA) is 30.0 Å². The highest BCUT2D eigenvalue weighted by Crippen LogP contribution is 2.17. The summed E-state index contributed by atoms with van der Waals surface area (Å²) in [6.45, 7) is 1.97. The molecule has 1 heterocycles. The first kappa shape index (κ1) is 13.4. The molecular weight excluding hydrogens is 358 g/mol. The minimum absolute atomic E-state index is 0.0780. The van der Waals surface area contributed by atoms with Crippen molar-refractivity contribution in [2.24, 2.45) is 0 Å². The highest BCUT2D eigenvalue weighted by molar-refractivity contribution is 9.10. The third kappa shape index (κ3) is 3.50. The summed E-state index contributed by atoms with van der Waals surface area (Å²) in [6, 6.07) is 9.46. The van der Waals surface area contributed by atoms with E-state index in [2.05, 4.69) is 36.8 Å². The van der Waals surface area contributed by atoms with Gasteiger partial charge in [-0.2, -0.15) is 0 Å². The first-order valence-electron chi connectivity index (χ1n) is 5.45. The first-order valence-corrected chi connectivity index (χ1v) is 7.04. The molecule has 0 N–H and O–H groups in total. The van der Waals surface area contributed by atoms with Crippen LogP contribution in [-0.2, 0) is 6.42 Å². The number of carbonyl (C=O) groups is 1. The summed E-state index contributed by atoms with van der Waals surface area (Å²) in [4.78, 5) is 16.3. The number of halogens is 2. The number of Topliss-reactive ketones (excluding diaryl/α,β-unsaturated/α-hetero) is 1. The maximum absolute atomic E-state index is 12.1. The maximum Gasteiger partial charge on any atom is 0.168 e. The minimum Gasteiger partial charge on any atom is -0.294 e. The predicted molar refractivity (Wildman–Crippen MR) is 78.9 cm³/mol. The van der Waals surface area contributed by atoms with Crippen molar-refractivity contribution in [3.05, 3.63) is 62.3 Å². The molecule has 0 amide bonds. The molecular formula is C14H11Br2NO. The average molecular weight is 369 g/mol. The van der Waals surface area contributed by atoms with Crippen molar-refractivity contribution in [1.82, 2.24) is 4.98 Å². The van der Waals surface area contributed by atoms with Crippen LogP contribution in [0.15, 0.2) is 45.5 Å². The van der Waals surface area contributed by atoms with E-state index in [1.807, 2.05) is 37.3 Å². The van der Waals surface area contributed by atoms with Crippen LogP contribution in [-0.4, -0.2) is 10.8 Å². The highest BCUT2D eigenvalue weighted by Gasteiger charge is 2.09. The standard InChI is InChI=1S/C14H11Br2NO/c1-9-4-10(6-12(16)5-9)14(18)7-13-3-2-11(15)8-17-13/h2-6,8H,7H2,1H3. The number of aromatic nitrogens is 1. The Morgan fingerprint density at radius 2 is 1.94 bits per heavy atom. The van der Waals surface area contributed by atoms with Crippen molar-refractivity contribution in [3.8, 4) is 0 Å². The number of pyridine rings is 1. The van der Waals surface area contributed by atoms with Gasteiger partial charge in [-0.15, -0.1) is 0 Å². The van der Waals surface area contributed by atoms with E-state index in [1.54, 1.807) is 6.20 Å². The Hall–Kier alpha value is -1.00. The lowest BCUT2D eigenvalue weighted by atomic mass is 10.0. The van der Waals surface area contributed by atoms with Gasteiger partial charge in [0.25, 0.3) is 0 Å². The van der Waals surface area contributed by atoms with Crippen molar-refractivity contribution >= 4 is 37.6 Å². The monoisotopic (exact) mass is 367 g/mol. The average Bonchev–Trinajstić information content (AvgIpc) is 2.31. The number of benzene rings is 1. The maximum atomic E-state index is 12.1. The van der Waals surface area contributed by atoms with Gasteiger partial charge in [0.1, 0.15) is 0 Å². The van der Waals surface area contributed by atoms with Gasteiger partial charge in [-0.3, -0.25) is 9.78 Å². The number of hydrogen-bond acceptors (Lipinski definition) is 2. The molecule has 2 rings (SSSR count). The number of aryl methyl sites for hydroxylation is 1. The van der Waals surface area contributed by atoms with E-state index in [0.717, 1.165) is 20.2 Å². The van der Waals surface area contributed by atoms with Crippen LogP contribution in [0.3, 0.4) is 0 Å². The molecule has 0 fully saturated rings. The summed E-state index contributed by atoms with van der Waals surface area (Å²) in [7, 11) is 0. The van der Waals surface area contributed by atoms with Crippen molar-refractivity contribution < 1.29 is 4.79 Å². The fourth-order valence-corrected chi connectivity index (χ4v) is 2.52. The molecule has 0 saturated heterocycles. The summed E-state index contributed by atoms with van der Waals surface area (Å²) < 4.78 is 1.84. The van der Waals surface area contributed by atoms with Crippen LogP contribution in [0.2, 0.25) is 0 Å². The van der Waals surface area contributed by atoms with Crippen molar-refractivity contribution in [2.75, 3.05) is 0 Å².